The lowest BCUT2D eigenvalue weighted by atomic mass is 10.1. The molecule has 5 nitrogen and oxygen atoms in total. The van der Waals surface area contributed by atoms with E-state index in [1.54, 1.807) is 11.3 Å². The third-order valence-electron chi connectivity index (χ3n) is 2.72. The zero-order valence-corrected chi connectivity index (χ0v) is 10.6. The molecule has 19 heavy (non-hydrogen) atoms. The highest BCUT2D eigenvalue weighted by Gasteiger charge is 2.15. The topological polar surface area (TPSA) is 84.7 Å². The molecule has 1 aromatic carbocycles. The highest BCUT2D eigenvalue weighted by atomic mass is 32.1. The van der Waals surface area contributed by atoms with Gasteiger partial charge in [0.05, 0.1) is 0 Å². The van der Waals surface area contributed by atoms with E-state index in [4.69, 9.17) is 5.73 Å². The van der Waals surface area contributed by atoms with Crippen LogP contribution < -0.4 is 5.73 Å². The van der Waals surface area contributed by atoms with Gasteiger partial charge in [0, 0.05) is 10.4 Å². The van der Waals surface area contributed by atoms with Crippen LogP contribution in [0.25, 0.3) is 21.7 Å². The fourth-order valence-corrected chi connectivity index (χ4v) is 2.59. The van der Waals surface area contributed by atoms with Crippen LogP contribution in [-0.4, -0.2) is 21.3 Å². The molecule has 3 rings (SSSR count). The van der Waals surface area contributed by atoms with Crippen LogP contribution in [0.4, 0.5) is 0 Å². The molecule has 0 bridgehead atoms. The molecule has 0 spiro atoms. The van der Waals surface area contributed by atoms with Crippen molar-refractivity contribution in [3.05, 3.63) is 47.5 Å². The Balaban J connectivity index is 2.09. The van der Waals surface area contributed by atoms with E-state index in [0.717, 1.165) is 16.0 Å². The second-order valence-corrected chi connectivity index (χ2v) is 4.89. The van der Waals surface area contributed by atoms with Crippen LogP contribution in [0.1, 0.15) is 10.5 Å². The van der Waals surface area contributed by atoms with Crippen molar-refractivity contribution in [1.82, 2.24) is 15.4 Å². The van der Waals surface area contributed by atoms with E-state index in [2.05, 4.69) is 15.4 Å². The van der Waals surface area contributed by atoms with Gasteiger partial charge in [-0.25, -0.2) is 0 Å². The average molecular weight is 270 g/mol. The van der Waals surface area contributed by atoms with Gasteiger partial charge in [0.1, 0.15) is 5.69 Å². The van der Waals surface area contributed by atoms with Gasteiger partial charge in [-0.15, -0.1) is 11.3 Å². The zero-order valence-electron chi connectivity index (χ0n) is 9.83. The van der Waals surface area contributed by atoms with Gasteiger partial charge in [0.25, 0.3) is 5.91 Å². The quantitative estimate of drug-likeness (QED) is 0.765. The second kappa shape index (κ2) is 4.66. The number of rotatable bonds is 3. The fourth-order valence-electron chi connectivity index (χ4n) is 1.87. The Morgan fingerprint density at radius 1 is 1.16 bits per heavy atom. The molecule has 2 aromatic heterocycles. The molecule has 0 fully saturated rings. The summed E-state index contributed by atoms with van der Waals surface area (Å²) in [5, 5.41) is 12.2. The van der Waals surface area contributed by atoms with Gasteiger partial charge in [0.15, 0.2) is 5.69 Å². The molecule has 0 saturated carbocycles. The van der Waals surface area contributed by atoms with E-state index in [9.17, 15) is 4.79 Å². The third kappa shape index (κ3) is 2.13. The Labute approximate surface area is 113 Å². The van der Waals surface area contributed by atoms with E-state index in [-0.39, 0.29) is 5.69 Å². The Bertz CT molecular complexity index is 718. The summed E-state index contributed by atoms with van der Waals surface area (Å²) in [4.78, 5) is 12.4. The molecule has 94 valence electrons. The van der Waals surface area contributed by atoms with Crippen molar-refractivity contribution in [3.8, 4) is 21.7 Å². The Morgan fingerprint density at radius 3 is 2.74 bits per heavy atom. The largest absolute Gasteiger partial charge is 0.364 e. The number of benzene rings is 1. The summed E-state index contributed by atoms with van der Waals surface area (Å²) in [6.07, 6.45) is 0. The predicted molar refractivity (Wildman–Crippen MR) is 73.6 cm³/mol. The molecule has 0 aliphatic carbocycles. The van der Waals surface area contributed by atoms with Crippen LogP contribution in [0.5, 0.6) is 0 Å². The van der Waals surface area contributed by atoms with E-state index in [1.807, 2.05) is 41.8 Å². The summed E-state index contributed by atoms with van der Waals surface area (Å²) in [5.41, 5.74) is 7.79. The number of nitrogens with zero attached hydrogens (tertiary/aromatic N) is 2. The van der Waals surface area contributed by atoms with E-state index in [1.165, 1.54) is 0 Å². The number of amides is 1. The van der Waals surface area contributed by atoms with Gasteiger partial charge in [-0.3, -0.25) is 4.79 Å². The first-order chi connectivity index (χ1) is 9.25. The standard InChI is InChI=1S/C13H10N4OS/c14-13(18)12-11(15-17-16-12)9-4-1-3-8(7-9)10-5-2-6-19-10/h1-7H,(H2,14,18)(H,15,16,17). The van der Waals surface area contributed by atoms with Crippen molar-refractivity contribution in [1.29, 1.82) is 0 Å². The first-order valence-corrected chi connectivity index (χ1v) is 6.48. The van der Waals surface area contributed by atoms with Crippen LogP contribution in [0.2, 0.25) is 0 Å². The molecule has 3 aromatic rings. The summed E-state index contributed by atoms with van der Waals surface area (Å²) in [7, 11) is 0. The minimum Gasteiger partial charge on any atom is -0.364 e. The van der Waals surface area contributed by atoms with Crippen molar-refractivity contribution >= 4 is 17.2 Å². The van der Waals surface area contributed by atoms with Crippen molar-refractivity contribution in [2.45, 2.75) is 0 Å². The smallest absolute Gasteiger partial charge is 0.271 e. The minimum atomic E-state index is -0.592. The number of nitrogens with two attached hydrogens (primary N) is 1. The number of primary amides is 1. The number of carbonyl (C=O) groups excluding carboxylic acids is 1. The number of hydrogen-bond acceptors (Lipinski definition) is 4. The van der Waals surface area contributed by atoms with E-state index >= 15 is 0 Å². The number of H-pyrrole nitrogens is 1. The Kier molecular flexibility index (Phi) is 2.85. The monoisotopic (exact) mass is 270 g/mol. The lowest BCUT2D eigenvalue weighted by molar-refractivity contribution is 0.0996. The second-order valence-electron chi connectivity index (χ2n) is 3.94. The van der Waals surface area contributed by atoms with E-state index < -0.39 is 5.91 Å². The number of carbonyl (C=O) groups is 1. The maximum absolute atomic E-state index is 11.3. The van der Waals surface area contributed by atoms with E-state index in [0.29, 0.717) is 5.69 Å². The van der Waals surface area contributed by atoms with Gasteiger partial charge in [-0.05, 0) is 23.1 Å². The predicted octanol–water partition coefficient (Wildman–Crippen LogP) is 2.30. The molecule has 1 amide bonds. The molecule has 0 radical (unpaired) electrons. The molecular formula is C13H10N4OS. The molecule has 0 aliphatic heterocycles. The molecule has 0 saturated heterocycles. The summed E-state index contributed by atoms with van der Waals surface area (Å²) < 4.78 is 0. The lowest BCUT2D eigenvalue weighted by Crippen LogP contribution is -2.12. The molecule has 0 unspecified atom stereocenters. The fraction of sp³-hybridized carbons (Fsp3) is 0. The van der Waals surface area contributed by atoms with Crippen LogP contribution in [0, 0.1) is 0 Å². The number of nitrogens with one attached hydrogen (secondary N) is 1. The molecule has 2 heterocycles. The zero-order chi connectivity index (χ0) is 13.2. The Morgan fingerprint density at radius 2 is 2.00 bits per heavy atom. The van der Waals surface area contributed by atoms with Crippen LogP contribution in [-0.2, 0) is 0 Å². The van der Waals surface area contributed by atoms with Gasteiger partial charge in [-0.1, -0.05) is 24.3 Å². The van der Waals surface area contributed by atoms with Crippen LogP contribution in [0.15, 0.2) is 41.8 Å². The van der Waals surface area contributed by atoms with Crippen molar-refractivity contribution in [2.75, 3.05) is 0 Å². The van der Waals surface area contributed by atoms with Gasteiger partial charge >= 0.3 is 0 Å². The van der Waals surface area contributed by atoms with Crippen LogP contribution >= 0.6 is 11.3 Å². The summed E-state index contributed by atoms with van der Waals surface area (Å²) in [5.74, 6) is -0.592. The van der Waals surface area contributed by atoms with Gasteiger partial charge < -0.3 is 5.73 Å². The maximum Gasteiger partial charge on any atom is 0.271 e. The molecule has 0 aliphatic rings. The molecule has 0 atom stereocenters. The van der Waals surface area contributed by atoms with Gasteiger partial charge in [-0.2, -0.15) is 15.4 Å². The SMILES string of the molecule is NC(=O)c1n[nH]nc1-c1cccc(-c2cccs2)c1. The summed E-state index contributed by atoms with van der Waals surface area (Å²) >= 11 is 1.66. The number of aromatic nitrogens is 3. The van der Waals surface area contributed by atoms with Crippen molar-refractivity contribution in [2.24, 2.45) is 5.73 Å². The molecule has 3 N–H and O–H groups in total. The Hall–Kier alpha value is -2.47. The number of hydrogen-bond donors (Lipinski definition) is 2. The highest BCUT2D eigenvalue weighted by Crippen LogP contribution is 2.29. The van der Waals surface area contributed by atoms with Gasteiger partial charge in [0.2, 0.25) is 0 Å². The lowest BCUT2D eigenvalue weighted by Gasteiger charge is -2.02. The normalized spacial score (nSPS) is 10.5. The first-order valence-electron chi connectivity index (χ1n) is 5.60. The maximum atomic E-state index is 11.3. The third-order valence-corrected chi connectivity index (χ3v) is 3.64. The highest BCUT2D eigenvalue weighted by molar-refractivity contribution is 7.13. The number of aromatic amines is 1. The van der Waals surface area contributed by atoms with Crippen molar-refractivity contribution < 1.29 is 4.79 Å². The number of thiophene rings is 1. The first kappa shape index (κ1) is 11.6. The van der Waals surface area contributed by atoms with Crippen molar-refractivity contribution in [3.63, 3.8) is 0 Å². The minimum absolute atomic E-state index is 0.156. The molecule has 6 heteroatoms. The molecular weight excluding hydrogens is 260 g/mol. The summed E-state index contributed by atoms with van der Waals surface area (Å²) in [6, 6.07) is 11.8. The average Bonchev–Trinajstić information content (AvgIpc) is 3.10. The summed E-state index contributed by atoms with van der Waals surface area (Å²) in [6.45, 7) is 0. The van der Waals surface area contributed by atoms with Crippen LogP contribution in [0.3, 0.4) is 0 Å².